The lowest BCUT2D eigenvalue weighted by Crippen LogP contribution is -2.48. The minimum atomic E-state index is -0.210. The van der Waals surface area contributed by atoms with Crippen LogP contribution in [0.15, 0.2) is 48.5 Å². The minimum Gasteiger partial charge on any atom is -0.336 e. The van der Waals surface area contributed by atoms with Gasteiger partial charge in [-0.3, -0.25) is 9.69 Å². The average Bonchev–Trinajstić information content (AvgIpc) is 2.58. The molecule has 22 heavy (non-hydrogen) atoms. The van der Waals surface area contributed by atoms with Crippen LogP contribution in [0.2, 0.25) is 0 Å². The van der Waals surface area contributed by atoms with Gasteiger partial charge in [0.1, 0.15) is 5.82 Å². The maximum atomic E-state index is 12.9. The van der Waals surface area contributed by atoms with Crippen LogP contribution in [0.4, 0.5) is 4.39 Å². The van der Waals surface area contributed by atoms with Crippen molar-refractivity contribution in [3.05, 3.63) is 71.5 Å². The summed E-state index contributed by atoms with van der Waals surface area (Å²) in [7, 11) is 0. The Labute approximate surface area is 130 Å². The van der Waals surface area contributed by atoms with Crippen molar-refractivity contribution in [1.29, 1.82) is 0 Å². The van der Waals surface area contributed by atoms with E-state index in [1.165, 1.54) is 12.1 Å². The van der Waals surface area contributed by atoms with Crippen molar-refractivity contribution in [3.8, 4) is 0 Å². The summed E-state index contributed by atoms with van der Waals surface area (Å²) in [6, 6.07) is 16.9. The number of nitrogens with zero attached hydrogens (tertiary/aromatic N) is 2. The standard InChI is InChI=1S/C18H18FN2O/c19-17-8-6-15(7-9-17)14-20-10-12-21(13-11-20)18(22)16-4-2-1-3-5-16/h1-4,6-9H,10-14H2. The smallest absolute Gasteiger partial charge is 0.254 e. The molecule has 1 fully saturated rings. The summed E-state index contributed by atoms with van der Waals surface area (Å²) in [5, 5.41) is 0. The molecule has 0 atom stereocenters. The Hall–Kier alpha value is -2.20. The molecule has 3 rings (SSSR count). The van der Waals surface area contributed by atoms with Crippen LogP contribution in [0.5, 0.6) is 0 Å². The molecule has 0 spiro atoms. The normalized spacial score (nSPS) is 15.8. The number of carbonyl (C=O) groups excluding carboxylic acids is 1. The second-order valence-electron chi connectivity index (χ2n) is 5.47. The Kier molecular flexibility index (Phi) is 4.49. The Morgan fingerprint density at radius 2 is 1.77 bits per heavy atom. The molecule has 0 N–H and O–H groups in total. The van der Waals surface area contributed by atoms with Gasteiger partial charge in [0, 0.05) is 38.3 Å². The Bertz CT molecular complexity index is 619. The Balaban J connectivity index is 1.54. The van der Waals surface area contributed by atoms with E-state index in [0.717, 1.165) is 25.2 Å². The quantitative estimate of drug-likeness (QED) is 0.869. The molecule has 0 aromatic heterocycles. The fourth-order valence-electron chi connectivity index (χ4n) is 2.65. The molecule has 1 saturated heterocycles. The van der Waals surface area contributed by atoms with Gasteiger partial charge < -0.3 is 4.90 Å². The molecule has 0 unspecified atom stereocenters. The van der Waals surface area contributed by atoms with Gasteiger partial charge in [0.25, 0.3) is 5.91 Å². The van der Waals surface area contributed by atoms with Gasteiger partial charge in [0.15, 0.2) is 0 Å². The van der Waals surface area contributed by atoms with Gasteiger partial charge in [0.05, 0.1) is 0 Å². The van der Waals surface area contributed by atoms with Gasteiger partial charge in [0.2, 0.25) is 0 Å². The van der Waals surface area contributed by atoms with Crippen LogP contribution in [-0.2, 0) is 6.54 Å². The van der Waals surface area contributed by atoms with Gasteiger partial charge >= 0.3 is 0 Å². The van der Waals surface area contributed by atoms with Crippen molar-refractivity contribution in [2.75, 3.05) is 26.2 Å². The molecule has 1 amide bonds. The highest BCUT2D eigenvalue weighted by atomic mass is 19.1. The molecule has 4 heteroatoms. The second-order valence-corrected chi connectivity index (χ2v) is 5.47. The lowest BCUT2D eigenvalue weighted by molar-refractivity contribution is 0.0628. The highest BCUT2D eigenvalue weighted by molar-refractivity contribution is 5.93. The van der Waals surface area contributed by atoms with Gasteiger partial charge in [-0.05, 0) is 29.8 Å². The first-order valence-electron chi connectivity index (χ1n) is 7.45. The maximum absolute atomic E-state index is 12.9. The maximum Gasteiger partial charge on any atom is 0.254 e. The van der Waals surface area contributed by atoms with Gasteiger partial charge in [-0.1, -0.05) is 30.3 Å². The van der Waals surface area contributed by atoms with E-state index in [0.29, 0.717) is 18.7 Å². The molecule has 113 valence electrons. The van der Waals surface area contributed by atoms with Crippen LogP contribution in [0.25, 0.3) is 0 Å². The summed E-state index contributed by atoms with van der Waals surface area (Å²) in [4.78, 5) is 16.5. The number of amides is 1. The van der Waals surface area contributed by atoms with Crippen LogP contribution < -0.4 is 0 Å². The van der Waals surface area contributed by atoms with Crippen molar-refractivity contribution < 1.29 is 9.18 Å². The summed E-state index contributed by atoms with van der Waals surface area (Å²) in [5.41, 5.74) is 1.71. The van der Waals surface area contributed by atoms with Gasteiger partial charge in [-0.25, -0.2) is 4.39 Å². The van der Waals surface area contributed by atoms with E-state index in [1.54, 1.807) is 12.1 Å². The lowest BCUT2D eigenvalue weighted by atomic mass is 10.1. The highest BCUT2D eigenvalue weighted by Gasteiger charge is 2.21. The van der Waals surface area contributed by atoms with E-state index in [-0.39, 0.29) is 11.7 Å². The molecule has 1 heterocycles. The molecule has 0 saturated carbocycles. The monoisotopic (exact) mass is 297 g/mol. The summed E-state index contributed by atoms with van der Waals surface area (Å²) in [5.74, 6) is -0.166. The summed E-state index contributed by atoms with van der Waals surface area (Å²) >= 11 is 0. The molecule has 1 aliphatic rings. The van der Waals surface area contributed by atoms with Crippen LogP contribution in [0.1, 0.15) is 15.9 Å². The fourth-order valence-corrected chi connectivity index (χ4v) is 2.65. The third-order valence-electron chi connectivity index (χ3n) is 3.92. The van der Waals surface area contributed by atoms with Gasteiger partial charge in [-0.15, -0.1) is 0 Å². The van der Waals surface area contributed by atoms with Crippen molar-refractivity contribution in [1.82, 2.24) is 9.80 Å². The zero-order valence-corrected chi connectivity index (χ0v) is 12.3. The molecule has 0 bridgehead atoms. The third kappa shape index (κ3) is 3.52. The van der Waals surface area contributed by atoms with E-state index in [1.807, 2.05) is 29.2 Å². The first-order valence-corrected chi connectivity index (χ1v) is 7.45. The summed E-state index contributed by atoms with van der Waals surface area (Å²) < 4.78 is 12.9. The minimum absolute atomic E-state index is 0.0435. The van der Waals surface area contributed by atoms with E-state index >= 15 is 0 Å². The number of hydrogen-bond acceptors (Lipinski definition) is 2. The fraction of sp³-hybridized carbons (Fsp3) is 0.278. The topological polar surface area (TPSA) is 23.6 Å². The number of rotatable bonds is 3. The van der Waals surface area contributed by atoms with E-state index < -0.39 is 0 Å². The van der Waals surface area contributed by atoms with Crippen LogP contribution >= 0.6 is 0 Å². The molecule has 2 aromatic rings. The zero-order chi connectivity index (χ0) is 15.4. The lowest BCUT2D eigenvalue weighted by Gasteiger charge is -2.34. The van der Waals surface area contributed by atoms with Crippen molar-refractivity contribution in [3.63, 3.8) is 0 Å². The molecule has 1 aliphatic heterocycles. The Morgan fingerprint density at radius 3 is 2.41 bits per heavy atom. The van der Waals surface area contributed by atoms with E-state index in [2.05, 4.69) is 11.0 Å². The predicted octanol–water partition coefficient (Wildman–Crippen LogP) is 2.58. The highest BCUT2D eigenvalue weighted by Crippen LogP contribution is 2.12. The number of halogens is 1. The van der Waals surface area contributed by atoms with Crippen molar-refractivity contribution in [2.45, 2.75) is 6.54 Å². The van der Waals surface area contributed by atoms with Crippen LogP contribution in [-0.4, -0.2) is 41.9 Å². The molecule has 2 aromatic carbocycles. The predicted molar refractivity (Wildman–Crippen MR) is 82.9 cm³/mol. The summed E-state index contributed by atoms with van der Waals surface area (Å²) in [6.45, 7) is 3.87. The molecule has 0 aliphatic carbocycles. The first kappa shape index (κ1) is 14.7. The van der Waals surface area contributed by atoms with E-state index in [9.17, 15) is 9.18 Å². The van der Waals surface area contributed by atoms with Crippen LogP contribution in [0.3, 0.4) is 0 Å². The van der Waals surface area contributed by atoms with E-state index in [4.69, 9.17) is 0 Å². The van der Waals surface area contributed by atoms with Crippen molar-refractivity contribution >= 4 is 5.91 Å². The molecular weight excluding hydrogens is 279 g/mol. The zero-order valence-electron chi connectivity index (χ0n) is 12.3. The second kappa shape index (κ2) is 6.71. The van der Waals surface area contributed by atoms with Gasteiger partial charge in [-0.2, -0.15) is 0 Å². The Morgan fingerprint density at radius 1 is 1.05 bits per heavy atom. The number of piperazine rings is 1. The molecular formula is C18H18FN2O. The largest absolute Gasteiger partial charge is 0.336 e. The number of carbonyl (C=O) groups is 1. The van der Waals surface area contributed by atoms with Crippen LogP contribution in [0, 0.1) is 11.9 Å². The SMILES string of the molecule is O=C(c1[c]cccc1)N1CCN(Cc2ccc(F)cc2)CC1. The average molecular weight is 297 g/mol. The van der Waals surface area contributed by atoms with Crippen molar-refractivity contribution in [2.24, 2.45) is 0 Å². The number of benzene rings is 2. The molecule has 1 radical (unpaired) electrons. The molecule has 3 nitrogen and oxygen atoms in total. The summed E-state index contributed by atoms with van der Waals surface area (Å²) in [6.07, 6.45) is 0. The number of hydrogen-bond donors (Lipinski definition) is 0. The first-order chi connectivity index (χ1) is 10.7. The third-order valence-corrected chi connectivity index (χ3v) is 3.92.